The van der Waals surface area contributed by atoms with Crippen LogP contribution in [0.15, 0.2) is 30.1 Å². The minimum absolute atomic E-state index is 0.219. The molecular formula is C16H19FO2. The van der Waals surface area contributed by atoms with Crippen LogP contribution in [0.2, 0.25) is 0 Å². The molecule has 0 fully saturated rings. The van der Waals surface area contributed by atoms with Crippen LogP contribution in [0, 0.1) is 0 Å². The van der Waals surface area contributed by atoms with Crippen LogP contribution in [0.25, 0.3) is 0 Å². The highest BCUT2D eigenvalue weighted by Gasteiger charge is 2.15. The summed E-state index contributed by atoms with van der Waals surface area (Å²) in [5, 5.41) is 0. The molecule has 19 heavy (non-hydrogen) atoms. The zero-order chi connectivity index (χ0) is 13.7. The molecule has 2 nitrogen and oxygen atoms in total. The van der Waals surface area contributed by atoms with E-state index in [0.29, 0.717) is 30.5 Å². The third-order valence-electron chi connectivity index (χ3n) is 3.51. The van der Waals surface area contributed by atoms with Crippen molar-refractivity contribution in [2.75, 3.05) is 6.61 Å². The summed E-state index contributed by atoms with van der Waals surface area (Å²) in [5.74, 6) is 0.929. The Morgan fingerprint density at radius 3 is 2.89 bits per heavy atom. The Hall–Kier alpha value is -1.64. The fourth-order valence-electron chi connectivity index (χ4n) is 2.26. The third kappa shape index (κ3) is 3.43. The lowest BCUT2D eigenvalue weighted by Gasteiger charge is -2.10. The lowest BCUT2D eigenvalue weighted by molar-refractivity contribution is 0.0982. The second-order valence-electron chi connectivity index (χ2n) is 4.86. The summed E-state index contributed by atoms with van der Waals surface area (Å²) in [6, 6.07) is 5.56. The van der Waals surface area contributed by atoms with Crippen LogP contribution >= 0.6 is 0 Å². The molecule has 1 aliphatic carbocycles. The summed E-state index contributed by atoms with van der Waals surface area (Å²) in [7, 11) is 0. The molecule has 0 bridgehead atoms. The van der Waals surface area contributed by atoms with Gasteiger partial charge in [0.15, 0.2) is 5.78 Å². The number of ketones is 1. The predicted molar refractivity (Wildman–Crippen MR) is 73.3 cm³/mol. The summed E-state index contributed by atoms with van der Waals surface area (Å²) in [4.78, 5) is 11.9. The van der Waals surface area contributed by atoms with E-state index in [1.165, 1.54) is 0 Å². The van der Waals surface area contributed by atoms with Gasteiger partial charge in [-0.2, -0.15) is 0 Å². The largest absolute Gasteiger partial charge is 0.489 e. The first kappa shape index (κ1) is 13.8. The Kier molecular flexibility index (Phi) is 4.72. The molecule has 1 aromatic carbocycles. The highest BCUT2D eigenvalue weighted by atomic mass is 19.1. The van der Waals surface area contributed by atoms with Gasteiger partial charge in [-0.1, -0.05) is 6.92 Å². The molecule has 0 radical (unpaired) electrons. The number of hydrogen-bond donors (Lipinski definition) is 0. The summed E-state index contributed by atoms with van der Waals surface area (Å²) in [6.07, 6.45) is 4.78. The van der Waals surface area contributed by atoms with Gasteiger partial charge in [-0.15, -0.1) is 0 Å². The molecule has 0 amide bonds. The van der Waals surface area contributed by atoms with Crippen molar-refractivity contribution < 1.29 is 13.9 Å². The van der Waals surface area contributed by atoms with E-state index >= 15 is 0 Å². The lowest BCUT2D eigenvalue weighted by atomic mass is 10.0. The van der Waals surface area contributed by atoms with E-state index in [0.717, 1.165) is 30.4 Å². The van der Waals surface area contributed by atoms with Crippen molar-refractivity contribution >= 4 is 5.78 Å². The second-order valence-corrected chi connectivity index (χ2v) is 4.86. The van der Waals surface area contributed by atoms with Gasteiger partial charge in [0.1, 0.15) is 12.4 Å². The van der Waals surface area contributed by atoms with E-state index < -0.39 is 0 Å². The summed E-state index contributed by atoms with van der Waals surface area (Å²) in [6.45, 7) is 2.16. The second kappa shape index (κ2) is 6.50. The normalized spacial score (nSPS) is 15.9. The number of hydrogen-bond acceptors (Lipinski definition) is 2. The van der Waals surface area contributed by atoms with Crippen LogP contribution in [0.4, 0.5) is 4.39 Å². The van der Waals surface area contributed by atoms with Gasteiger partial charge in [0.05, 0.1) is 6.33 Å². The molecule has 0 N–H and O–H groups in total. The maximum Gasteiger partial charge on any atom is 0.163 e. The van der Waals surface area contributed by atoms with Crippen LogP contribution in [0.1, 0.15) is 48.5 Å². The number of carbonyl (C=O) groups is 1. The average molecular weight is 262 g/mol. The monoisotopic (exact) mass is 262 g/mol. The lowest BCUT2D eigenvalue weighted by Crippen LogP contribution is -2.03. The van der Waals surface area contributed by atoms with Gasteiger partial charge in [0.25, 0.3) is 0 Å². The predicted octanol–water partition coefficient (Wildman–Crippen LogP) is 4.24. The number of ether oxygens (including phenoxy) is 1. The van der Waals surface area contributed by atoms with Crippen LogP contribution in [0.5, 0.6) is 5.75 Å². The van der Waals surface area contributed by atoms with Gasteiger partial charge in [-0.05, 0) is 55.0 Å². The highest BCUT2D eigenvalue weighted by Crippen LogP contribution is 2.25. The van der Waals surface area contributed by atoms with Crippen molar-refractivity contribution in [3.8, 4) is 5.75 Å². The van der Waals surface area contributed by atoms with Crippen molar-refractivity contribution in [3.63, 3.8) is 0 Å². The third-order valence-corrected chi connectivity index (χ3v) is 3.51. The van der Waals surface area contributed by atoms with Gasteiger partial charge in [-0.3, -0.25) is 4.79 Å². The number of Topliss-reactive ketones (excluding diaryl/α,β-unsaturated/α-hetero) is 1. The molecule has 3 heteroatoms. The Morgan fingerprint density at radius 1 is 1.37 bits per heavy atom. The number of fused-ring (bicyclic) bond motifs is 1. The molecule has 1 aromatic rings. The molecule has 1 aliphatic rings. The first-order chi connectivity index (χ1) is 9.24. The zero-order valence-corrected chi connectivity index (χ0v) is 11.2. The van der Waals surface area contributed by atoms with E-state index in [9.17, 15) is 9.18 Å². The van der Waals surface area contributed by atoms with Crippen LogP contribution in [-0.2, 0) is 6.42 Å². The molecule has 2 rings (SSSR count). The Labute approximate surface area is 113 Å². The summed E-state index contributed by atoms with van der Waals surface area (Å²) in [5.41, 5.74) is 2.51. The van der Waals surface area contributed by atoms with Crippen molar-refractivity contribution in [1.29, 1.82) is 0 Å². The van der Waals surface area contributed by atoms with Crippen molar-refractivity contribution in [2.24, 2.45) is 0 Å². The number of aryl methyl sites for hydroxylation is 1. The van der Waals surface area contributed by atoms with Crippen molar-refractivity contribution in [2.45, 2.75) is 39.0 Å². The first-order valence-electron chi connectivity index (χ1n) is 6.81. The maximum absolute atomic E-state index is 12.5. The smallest absolute Gasteiger partial charge is 0.163 e. The van der Waals surface area contributed by atoms with E-state index in [-0.39, 0.29) is 12.4 Å². The molecule has 0 heterocycles. The molecule has 0 aliphatic heterocycles. The molecule has 0 aromatic heterocycles. The number of benzene rings is 1. The zero-order valence-electron chi connectivity index (χ0n) is 11.2. The van der Waals surface area contributed by atoms with E-state index in [2.05, 4.69) is 0 Å². The van der Waals surface area contributed by atoms with Gasteiger partial charge >= 0.3 is 0 Å². The number of carbonyl (C=O) groups excluding carboxylic acids is 1. The summed E-state index contributed by atoms with van der Waals surface area (Å²) < 4.78 is 18.0. The number of rotatable bonds is 4. The topological polar surface area (TPSA) is 26.3 Å². The molecule has 0 unspecified atom stereocenters. The fourth-order valence-corrected chi connectivity index (χ4v) is 2.26. The van der Waals surface area contributed by atoms with E-state index in [1.54, 1.807) is 6.07 Å². The Balaban J connectivity index is 2.12. The molecule has 0 saturated carbocycles. The quantitative estimate of drug-likeness (QED) is 0.759. The summed E-state index contributed by atoms with van der Waals surface area (Å²) >= 11 is 0. The first-order valence-corrected chi connectivity index (χ1v) is 6.81. The minimum atomic E-state index is 0.219. The Bertz CT molecular complexity index is 492. The van der Waals surface area contributed by atoms with E-state index in [4.69, 9.17) is 4.74 Å². The van der Waals surface area contributed by atoms with Gasteiger partial charge in [-0.25, -0.2) is 4.39 Å². The van der Waals surface area contributed by atoms with Crippen LogP contribution in [-0.4, -0.2) is 12.4 Å². The number of halogens is 1. The molecule has 0 atom stereocenters. The van der Waals surface area contributed by atoms with Crippen molar-refractivity contribution in [1.82, 2.24) is 0 Å². The van der Waals surface area contributed by atoms with Gasteiger partial charge in [0.2, 0.25) is 0 Å². The maximum atomic E-state index is 12.5. The molecule has 0 saturated heterocycles. The highest BCUT2D eigenvalue weighted by molar-refractivity contribution is 5.97. The van der Waals surface area contributed by atoms with Gasteiger partial charge < -0.3 is 4.74 Å². The van der Waals surface area contributed by atoms with Crippen LogP contribution < -0.4 is 4.74 Å². The molecule has 102 valence electrons. The fraction of sp³-hybridized carbons (Fsp3) is 0.438. The molecule has 0 spiro atoms. The van der Waals surface area contributed by atoms with Crippen LogP contribution in [0.3, 0.4) is 0 Å². The van der Waals surface area contributed by atoms with Crippen molar-refractivity contribution in [3.05, 3.63) is 41.2 Å². The SMILES string of the molecule is CCC(=CF)COc1ccc2c(c1)CCCCC2=O. The Morgan fingerprint density at radius 2 is 2.16 bits per heavy atom. The minimum Gasteiger partial charge on any atom is -0.489 e. The standard InChI is InChI=1S/C16H19FO2/c1-2-12(10-17)11-19-14-7-8-15-13(9-14)5-3-4-6-16(15)18/h7-10H,2-6,11H2,1H3. The average Bonchev–Trinajstić information content (AvgIpc) is 2.62. The van der Waals surface area contributed by atoms with E-state index in [1.807, 2.05) is 19.1 Å². The van der Waals surface area contributed by atoms with Gasteiger partial charge in [0, 0.05) is 12.0 Å². The molecular weight excluding hydrogens is 243 g/mol.